The Bertz CT molecular complexity index is 1230. The van der Waals surface area contributed by atoms with Crippen LogP contribution in [0.15, 0.2) is 35.2 Å². The van der Waals surface area contributed by atoms with Crippen molar-refractivity contribution in [2.45, 2.75) is 63.9 Å². The van der Waals surface area contributed by atoms with E-state index in [1.807, 2.05) is 31.4 Å². The van der Waals surface area contributed by atoms with Gasteiger partial charge in [0.25, 0.3) is 0 Å². The van der Waals surface area contributed by atoms with Crippen LogP contribution in [0.2, 0.25) is 0 Å². The molecule has 0 atom stereocenters. The summed E-state index contributed by atoms with van der Waals surface area (Å²) in [5, 5.41) is 7.37. The van der Waals surface area contributed by atoms with Gasteiger partial charge in [0.2, 0.25) is 15.9 Å². The second-order valence-electron chi connectivity index (χ2n) is 8.13. The minimum atomic E-state index is -3.46. The highest BCUT2D eigenvalue weighted by atomic mass is 32.2. The Labute approximate surface area is 182 Å². The lowest BCUT2D eigenvalue weighted by atomic mass is 10.1. The van der Waals surface area contributed by atoms with E-state index >= 15 is 0 Å². The maximum atomic E-state index is 12.4. The predicted molar refractivity (Wildman–Crippen MR) is 117 cm³/mol. The Hall–Kier alpha value is -2.78. The summed E-state index contributed by atoms with van der Waals surface area (Å²) in [6.45, 7) is 6.23. The van der Waals surface area contributed by atoms with E-state index in [4.69, 9.17) is 0 Å². The maximum Gasteiger partial charge on any atom is 0.240 e. The second kappa shape index (κ2) is 8.39. The summed E-state index contributed by atoms with van der Waals surface area (Å²) >= 11 is 0. The summed E-state index contributed by atoms with van der Waals surface area (Å²) in [6.07, 6.45) is 2.71. The van der Waals surface area contributed by atoms with Crippen molar-refractivity contribution in [2.24, 2.45) is 0 Å². The molecule has 8 nitrogen and oxygen atoms in total. The van der Waals surface area contributed by atoms with Crippen molar-refractivity contribution in [1.82, 2.24) is 24.6 Å². The van der Waals surface area contributed by atoms with Crippen molar-refractivity contribution >= 4 is 21.6 Å². The monoisotopic (exact) mass is 441 g/mol. The summed E-state index contributed by atoms with van der Waals surface area (Å²) in [5.74, 6) is -0.0670. The first-order chi connectivity index (χ1) is 14.7. The van der Waals surface area contributed by atoms with E-state index in [9.17, 15) is 13.2 Å². The number of nitrogens with one attached hydrogen (secondary N) is 2. The van der Waals surface area contributed by atoms with E-state index in [2.05, 4.69) is 20.1 Å². The summed E-state index contributed by atoms with van der Waals surface area (Å²) < 4.78 is 28.9. The highest BCUT2D eigenvalue weighted by Crippen LogP contribution is 2.22. The number of fused-ring (bicyclic) bond motifs is 1. The summed E-state index contributed by atoms with van der Waals surface area (Å²) in [4.78, 5) is 17.2. The molecule has 31 heavy (non-hydrogen) atoms. The Morgan fingerprint density at radius 3 is 2.55 bits per heavy atom. The average molecular weight is 442 g/mol. The van der Waals surface area contributed by atoms with E-state index in [1.165, 1.54) is 0 Å². The van der Waals surface area contributed by atoms with Gasteiger partial charge in [-0.1, -0.05) is 12.1 Å². The number of nitrogens with zero attached hydrogens (tertiary/aromatic N) is 3. The molecule has 1 aliphatic carbocycles. The van der Waals surface area contributed by atoms with Gasteiger partial charge in [-0.25, -0.2) is 22.6 Å². The van der Waals surface area contributed by atoms with E-state index in [-0.39, 0.29) is 16.8 Å². The minimum absolute atomic E-state index is 0.0670. The van der Waals surface area contributed by atoms with E-state index in [0.29, 0.717) is 19.4 Å². The van der Waals surface area contributed by atoms with Gasteiger partial charge in [0.1, 0.15) is 0 Å². The van der Waals surface area contributed by atoms with Crippen LogP contribution in [0.25, 0.3) is 5.65 Å². The molecule has 0 bridgehead atoms. The lowest BCUT2D eigenvalue weighted by Crippen LogP contribution is -2.26. The van der Waals surface area contributed by atoms with Crippen molar-refractivity contribution in [3.05, 3.63) is 58.5 Å². The summed E-state index contributed by atoms with van der Waals surface area (Å²) in [7, 11) is -3.46. The predicted octanol–water partition coefficient (Wildman–Crippen LogP) is 2.34. The van der Waals surface area contributed by atoms with E-state index in [0.717, 1.165) is 46.7 Å². The zero-order valence-electron chi connectivity index (χ0n) is 18.0. The smallest absolute Gasteiger partial charge is 0.240 e. The zero-order chi connectivity index (χ0) is 22.2. The molecule has 0 spiro atoms. The van der Waals surface area contributed by atoms with Gasteiger partial charge >= 0.3 is 0 Å². The van der Waals surface area contributed by atoms with Crippen LogP contribution < -0.4 is 10.0 Å². The molecule has 164 valence electrons. The van der Waals surface area contributed by atoms with Crippen LogP contribution in [0, 0.1) is 20.8 Å². The van der Waals surface area contributed by atoms with Crippen LogP contribution in [0.5, 0.6) is 0 Å². The summed E-state index contributed by atoms with van der Waals surface area (Å²) in [5.41, 5.74) is 5.52. The van der Waals surface area contributed by atoms with Crippen LogP contribution in [0.4, 0.5) is 0 Å². The van der Waals surface area contributed by atoms with Gasteiger partial charge < -0.3 is 5.32 Å². The molecular formula is C22H27N5O3S. The largest absolute Gasteiger partial charge is 0.352 e. The Morgan fingerprint density at radius 1 is 1.16 bits per heavy atom. The van der Waals surface area contributed by atoms with Crippen molar-refractivity contribution in [1.29, 1.82) is 0 Å². The Balaban J connectivity index is 1.33. The number of hydrogen-bond acceptors (Lipinski definition) is 5. The number of aryl methyl sites for hydroxylation is 3. The third kappa shape index (κ3) is 4.94. The number of aromatic nitrogens is 3. The van der Waals surface area contributed by atoms with Gasteiger partial charge in [-0.05, 0) is 63.3 Å². The molecule has 1 amide bonds. The molecular weight excluding hydrogens is 414 g/mol. The van der Waals surface area contributed by atoms with Crippen molar-refractivity contribution in [3.8, 4) is 0 Å². The molecule has 2 aromatic heterocycles. The molecule has 0 unspecified atom stereocenters. The van der Waals surface area contributed by atoms with Crippen LogP contribution in [-0.2, 0) is 27.8 Å². The fraction of sp³-hybridized carbons (Fsp3) is 0.409. The molecule has 0 saturated heterocycles. The third-order valence-electron chi connectivity index (χ3n) is 5.51. The molecule has 1 fully saturated rings. The molecule has 2 heterocycles. The fourth-order valence-corrected chi connectivity index (χ4v) is 4.91. The third-order valence-corrected chi connectivity index (χ3v) is 7.05. The molecule has 0 radical (unpaired) electrons. The van der Waals surface area contributed by atoms with E-state index < -0.39 is 10.0 Å². The quantitative estimate of drug-likeness (QED) is 0.558. The highest BCUT2D eigenvalue weighted by Gasteiger charge is 2.27. The Morgan fingerprint density at radius 2 is 1.87 bits per heavy atom. The van der Waals surface area contributed by atoms with Gasteiger partial charge in [-0.15, -0.1) is 0 Å². The van der Waals surface area contributed by atoms with Gasteiger partial charge in [-0.3, -0.25) is 4.79 Å². The minimum Gasteiger partial charge on any atom is -0.352 e. The first-order valence-corrected chi connectivity index (χ1v) is 11.9. The second-order valence-corrected chi connectivity index (χ2v) is 9.85. The fourth-order valence-electron chi connectivity index (χ4n) is 3.61. The topological polar surface area (TPSA) is 105 Å². The molecule has 1 saturated carbocycles. The van der Waals surface area contributed by atoms with Gasteiger partial charge in [0, 0.05) is 36.5 Å². The highest BCUT2D eigenvalue weighted by molar-refractivity contribution is 7.89. The molecule has 1 aliphatic rings. The van der Waals surface area contributed by atoms with Gasteiger partial charge in [0.15, 0.2) is 5.65 Å². The van der Waals surface area contributed by atoms with Gasteiger partial charge in [0.05, 0.1) is 10.6 Å². The zero-order valence-corrected chi connectivity index (χ0v) is 18.8. The number of carbonyl (C=O) groups is 1. The lowest BCUT2D eigenvalue weighted by molar-refractivity contribution is -0.121. The maximum absolute atomic E-state index is 12.4. The SMILES string of the molecule is Cc1cc2nc(C)c(CCC(=O)NCc3ccc(S(=O)(=O)NC4CC4)cc3)c(C)n2n1. The summed E-state index contributed by atoms with van der Waals surface area (Å²) in [6, 6.07) is 8.62. The number of amides is 1. The molecule has 3 aromatic rings. The Kier molecular flexibility index (Phi) is 5.81. The van der Waals surface area contributed by atoms with Gasteiger partial charge in [-0.2, -0.15) is 5.10 Å². The van der Waals surface area contributed by atoms with Crippen LogP contribution in [0.3, 0.4) is 0 Å². The van der Waals surface area contributed by atoms with Crippen LogP contribution in [0.1, 0.15) is 47.5 Å². The van der Waals surface area contributed by atoms with Crippen molar-refractivity contribution in [2.75, 3.05) is 0 Å². The van der Waals surface area contributed by atoms with Crippen LogP contribution >= 0.6 is 0 Å². The average Bonchev–Trinajstić information content (AvgIpc) is 3.44. The lowest BCUT2D eigenvalue weighted by Gasteiger charge is -2.11. The van der Waals surface area contributed by atoms with E-state index in [1.54, 1.807) is 24.3 Å². The molecule has 1 aromatic carbocycles. The van der Waals surface area contributed by atoms with Crippen molar-refractivity contribution < 1.29 is 13.2 Å². The normalized spacial score (nSPS) is 14.2. The molecule has 4 rings (SSSR count). The standard InChI is InChI=1S/C22H27N5O3S/c1-14-12-21-24-15(2)20(16(3)27(21)25-14)10-11-22(28)23-13-17-4-8-19(9-5-17)31(29,30)26-18-6-7-18/h4-5,8-9,12,18,26H,6-7,10-11,13H2,1-3H3,(H,23,28). The first kappa shape index (κ1) is 21.5. The molecule has 0 aliphatic heterocycles. The number of hydrogen-bond donors (Lipinski definition) is 2. The number of carbonyl (C=O) groups excluding carboxylic acids is 1. The number of rotatable bonds is 8. The van der Waals surface area contributed by atoms with Crippen molar-refractivity contribution in [3.63, 3.8) is 0 Å². The number of sulfonamides is 1. The first-order valence-electron chi connectivity index (χ1n) is 10.4. The van der Waals surface area contributed by atoms with Crippen LogP contribution in [-0.4, -0.2) is 35.0 Å². The molecule has 2 N–H and O–H groups in total. The molecule has 9 heteroatoms. The number of benzene rings is 1.